The third-order valence-electron chi connectivity index (χ3n) is 1.21. The molecule has 1 amide bonds. The smallest absolute Gasteiger partial charge is 0.411 e. The van der Waals surface area contributed by atoms with Gasteiger partial charge in [0.2, 0.25) is 0 Å². The summed E-state index contributed by atoms with van der Waals surface area (Å²) >= 11 is 0. The van der Waals surface area contributed by atoms with Crippen LogP contribution in [0.1, 0.15) is 20.3 Å². The Bertz CT molecular complexity index is 225. The first-order valence-electron chi connectivity index (χ1n) is 4.41. The third kappa shape index (κ3) is 5.18. The lowest BCUT2D eigenvalue weighted by Crippen LogP contribution is -2.28. The number of carbonyl (C=O) groups is 2. The zero-order valence-electron chi connectivity index (χ0n) is 8.46. The van der Waals surface area contributed by atoms with Crippen molar-refractivity contribution in [1.82, 2.24) is 5.32 Å². The Balaban J connectivity index is 3.83. The van der Waals surface area contributed by atoms with Crippen molar-refractivity contribution in [3.63, 3.8) is 0 Å². The van der Waals surface area contributed by atoms with Gasteiger partial charge >= 0.3 is 12.1 Å². The first kappa shape index (κ1) is 12.5. The molecule has 0 aromatic heterocycles. The predicted molar refractivity (Wildman–Crippen MR) is 50.5 cm³/mol. The minimum atomic E-state index is -0.703. The van der Waals surface area contributed by atoms with Crippen LogP contribution in [0.2, 0.25) is 0 Å². The highest BCUT2D eigenvalue weighted by Gasteiger charge is 2.11. The van der Waals surface area contributed by atoms with Gasteiger partial charge in [-0.25, -0.2) is 9.59 Å². The highest BCUT2D eigenvalue weighted by atomic mass is 16.6. The van der Waals surface area contributed by atoms with Crippen LogP contribution in [0.3, 0.4) is 0 Å². The maximum Gasteiger partial charge on any atom is 0.411 e. The Morgan fingerprint density at radius 1 is 1.29 bits per heavy atom. The normalized spacial score (nSPS) is 9.00. The second-order valence-corrected chi connectivity index (χ2v) is 2.46. The Kier molecular flexibility index (Phi) is 6.19. The zero-order chi connectivity index (χ0) is 11.0. The topological polar surface area (TPSA) is 64.6 Å². The average Bonchev–Trinajstić information content (AvgIpc) is 2.14. The standard InChI is InChI=1S/C9H15NO4/c1-4-6-14-8(11)7(3)10-9(12)13-5-2/h3-6H2,1-2H3,(H,10,12). The Hall–Kier alpha value is -1.52. The van der Waals surface area contributed by atoms with Crippen molar-refractivity contribution in [2.75, 3.05) is 13.2 Å². The van der Waals surface area contributed by atoms with Crippen LogP contribution in [0.4, 0.5) is 4.79 Å². The van der Waals surface area contributed by atoms with Crippen molar-refractivity contribution < 1.29 is 19.1 Å². The molecule has 0 aromatic rings. The lowest BCUT2D eigenvalue weighted by Gasteiger charge is -2.07. The van der Waals surface area contributed by atoms with Crippen LogP contribution in [0.5, 0.6) is 0 Å². The third-order valence-corrected chi connectivity index (χ3v) is 1.21. The second-order valence-electron chi connectivity index (χ2n) is 2.46. The number of carbonyl (C=O) groups excluding carboxylic acids is 2. The number of amides is 1. The Labute approximate surface area is 83.1 Å². The number of rotatable bonds is 5. The van der Waals surface area contributed by atoms with Gasteiger partial charge in [0.05, 0.1) is 13.2 Å². The number of hydrogen-bond donors (Lipinski definition) is 1. The SMILES string of the molecule is C=C(NC(=O)OCC)C(=O)OCCC. The predicted octanol–water partition coefficient (Wildman–Crippen LogP) is 1.20. The number of nitrogens with one attached hydrogen (secondary N) is 1. The summed E-state index contributed by atoms with van der Waals surface area (Å²) in [5.41, 5.74) is -0.114. The molecule has 0 heterocycles. The monoisotopic (exact) mass is 201 g/mol. The van der Waals surface area contributed by atoms with E-state index in [1.165, 1.54) is 0 Å². The van der Waals surface area contributed by atoms with Gasteiger partial charge in [-0.2, -0.15) is 0 Å². The summed E-state index contributed by atoms with van der Waals surface area (Å²) in [6.07, 6.45) is 0.0178. The van der Waals surface area contributed by atoms with E-state index in [0.717, 1.165) is 6.42 Å². The molecule has 0 aliphatic rings. The molecule has 0 aliphatic heterocycles. The second kappa shape index (κ2) is 6.94. The van der Waals surface area contributed by atoms with Gasteiger partial charge in [0.1, 0.15) is 5.70 Å². The maximum absolute atomic E-state index is 11.0. The van der Waals surface area contributed by atoms with Crippen molar-refractivity contribution in [2.24, 2.45) is 0 Å². The summed E-state index contributed by atoms with van der Waals surface area (Å²) in [5.74, 6) is -0.639. The summed E-state index contributed by atoms with van der Waals surface area (Å²) in [5, 5.41) is 2.16. The van der Waals surface area contributed by atoms with Gasteiger partial charge < -0.3 is 9.47 Å². The maximum atomic E-state index is 11.0. The molecule has 0 radical (unpaired) electrons. The van der Waals surface area contributed by atoms with Crippen LogP contribution in [0.25, 0.3) is 0 Å². The van der Waals surface area contributed by atoms with E-state index in [-0.39, 0.29) is 12.3 Å². The Morgan fingerprint density at radius 3 is 2.43 bits per heavy atom. The van der Waals surface area contributed by atoms with E-state index >= 15 is 0 Å². The van der Waals surface area contributed by atoms with E-state index < -0.39 is 12.1 Å². The van der Waals surface area contributed by atoms with E-state index in [9.17, 15) is 9.59 Å². The molecule has 0 saturated heterocycles. The molecule has 14 heavy (non-hydrogen) atoms. The lowest BCUT2D eigenvalue weighted by molar-refractivity contribution is -0.139. The fourth-order valence-corrected chi connectivity index (χ4v) is 0.623. The molecule has 0 bridgehead atoms. The van der Waals surface area contributed by atoms with Gasteiger partial charge in [-0.3, -0.25) is 5.32 Å². The van der Waals surface area contributed by atoms with E-state index in [0.29, 0.717) is 6.61 Å². The molecule has 0 fully saturated rings. The molecule has 0 unspecified atom stereocenters. The van der Waals surface area contributed by atoms with Gasteiger partial charge in [-0.05, 0) is 13.3 Å². The molecule has 0 aliphatic carbocycles. The van der Waals surface area contributed by atoms with E-state index in [1.54, 1.807) is 6.92 Å². The molecule has 1 N–H and O–H groups in total. The van der Waals surface area contributed by atoms with E-state index in [1.807, 2.05) is 6.92 Å². The largest absolute Gasteiger partial charge is 0.461 e. The van der Waals surface area contributed by atoms with Gasteiger partial charge in [0.15, 0.2) is 0 Å². The number of ether oxygens (including phenoxy) is 2. The van der Waals surface area contributed by atoms with Crippen molar-refractivity contribution >= 4 is 12.1 Å². The van der Waals surface area contributed by atoms with Crippen LogP contribution in [-0.4, -0.2) is 25.3 Å². The minimum Gasteiger partial charge on any atom is -0.461 e. The number of esters is 1. The van der Waals surface area contributed by atoms with E-state index in [2.05, 4.69) is 16.6 Å². The van der Waals surface area contributed by atoms with Gasteiger partial charge in [-0.15, -0.1) is 0 Å². The molecule has 5 heteroatoms. The minimum absolute atomic E-state index is 0.114. The summed E-state index contributed by atoms with van der Waals surface area (Å²) < 4.78 is 9.27. The van der Waals surface area contributed by atoms with Crippen molar-refractivity contribution in [2.45, 2.75) is 20.3 Å². The first-order valence-corrected chi connectivity index (χ1v) is 4.41. The molecule has 0 rings (SSSR count). The number of hydrogen-bond acceptors (Lipinski definition) is 4. The quantitative estimate of drug-likeness (QED) is 0.536. The highest BCUT2D eigenvalue weighted by Crippen LogP contribution is 1.92. The van der Waals surface area contributed by atoms with Crippen LogP contribution in [0, 0.1) is 0 Å². The average molecular weight is 201 g/mol. The molecule has 0 spiro atoms. The summed E-state index contributed by atoms with van der Waals surface area (Å²) in [6.45, 7) is 7.42. The molecule has 0 aromatic carbocycles. The van der Waals surface area contributed by atoms with Gasteiger partial charge in [0, 0.05) is 0 Å². The lowest BCUT2D eigenvalue weighted by atomic mass is 10.5. The van der Waals surface area contributed by atoms with Gasteiger partial charge in [0.25, 0.3) is 0 Å². The number of alkyl carbamates (subject to hydrolysis) is 1. The summed E-state index contributed by atoms with van der Waals surface area (Å²) in [7, 11) is 0. The highest BCUT2D eigenvalue weighted by molar-refractivity contribution is 5.91. The van der Waals surface area contributed by atoms with Crippen LogP contribution < -0.4 is 5.32 Å². The summed E-state index contributed by atoms with van der Waals surface area (Å²) in [6, 6.07) is 0. The van der Waals surface area contributed by atoms with Gasteiger partial charge in [-0.1, -0.05) is 13.5 Å². The molecular weight excluding hydrogens is 186 g/mol. The molecular formula is C9H15NO4. The van der Waals surface area contributed by atoms with Crippen LogP contribution in [0.15, 0.2) is 12.3 Å². The summed E-state index contributed by atoms with van der Waals surface area (Å²) in [4.78, 5) is 21.9. The van der Waals surface area contributed by atoms with Crippen molar-refractivity contribution in [3.05, 3.63) is 12.3 Å². The van der Waals surface area contributed by atoms with Crippen molar-refractivity contribution in [3.8, 4) is 0 Å². The molecule has 80 valence electrons. The fourth-order valence-electron chi connectivity index (χ4n) is 0.623. The first-order chi connectivity index (χ1) is 6.61. The van der Waals surface area contributed by atoms with Crippen LogP contribution >= 0.6 is 0 Å². The van der Waals surface area contributed by atoms with Crippen LogP contribution in [-0.2, 0) is 14.3 Å². The molecule has 5 nitrogen and oxygen atoms in total. The van der Waals surface area contributed by atoms with E-state index in [4.69, 9.17) is 4.74 Å². The zero-order valence-corrected chi connectivity index (χ0v) is 8.46. The molecule has 0 atom stereocenters. The Morgan fingerprint density at radius 2 is 1.93 bits per heavy atom. The fraction of sp³-hybridized carbons (Fsp3) is 0.556. The molecule has 0 saturated carbocycles. The van der Waals surface area contributed by atoms with Crippen molar-refractivity contribution in [1.29, 1.82) is 0 Å².